The first-order chi connectivity index (χ1) is 9.45. The van der Waals surface area contributed by atoms with Crippen LogP contribution in [0, 0.1) is 0 Å². The van der Waals surface area contributed by atoms with Gasteiger partial charge in [0.05, 0.1) is 0 Å². The Balaban J connectivity index is 2.65. The maximum atomic E-state index is 11.9. The van der Waals surface area contributed by atoms with Crippen molar-refractivity contribution in [2.45, 2.75) is 19.0 Å². The predicted octanol–water partition coefficient (Wildman–Crippen LogP) is 2.51. The summed E-state index contributed by atoms with van der Waals surface area (Å²) in [6.07, 6.45) is 1.62. The molecule has 0 saturated carbocycles. The van der Waals surface area contributed by atoms with Crippen molar-refractivity contribution in [1.29, 1.82) is 0 Å². The number of hydrogen-bond acceptors (Lipinski definition) is 2. The van der Waals surface area contributed by atoms with Gasteiger partial charge < -0.3 is 15.3 Å². The van der Waals surface area contributed by atoms with Crippen molar-refractivity contribution in [3.05, 3.63) is 47.5 Å². The van der Waals surface area contributed by atoms with Crippen LogP contribution in [-0.4, -0.2) is 35.1 Å². The van der Waals surface area contributed by atoms with Crippen molar-refractivity contribution < 1.29 is 14.7 Å². The smallest absolute Gasteiger partial charge is 0.326 e. The summed E-state index contributed by atoms with van der Waals surface area (Å²) in [5.41, 5.74) is 0.794. The molecule has 2 N–H and O–H groups in total. The fourth-order valence-corrected chi connectivity index (χ4v) is 1.80. The lowest BCUT2D eigenvalue weighted by Crippen LogP contribution is -2.46. The van der Waals surface area contributed by atoms with E-state index >= 15 is 0 Å². The van der Waals surface area contributed by atoms with Gasteiger partial charge in [0, 0.05) is 18.6 Å². The summed E-state index contributed by atoms with van der Waals surface area (Å²) in [4.78, 5) is 24.3. The van der Waals surface area contributed by atoms with Gasteiger partial charge in [-0.25, -0.2) is 9.59 Å². The maximum Gasteiger partial charge on any atom is 0.326 e. The average molecular weight is 297 g/mol. The number of benzene rings is 1. The van der Waals surface area contributed by atoms with Gasteiger partial charge in [0.2, 0.25) is 0 Å². The summed E-state index contributed by atoms with van der Waals surface area (Å²) in [5, 5.41) is 12.0. The molecule has 108 valence electrons. The molecule has 1 rings (SSSR count). The van der Waals surface area contributed by atoms with Gasteiger partial charge in [0.15, 0.2) is 0 Å². The number of carbonyl (C=O) groups is 2. The second kappa shape index (κ2) is 7.55. The Labute approximate surface area is 122 Å². The molecule has 1 aromatic rings. The monoisotopic (exact) mass is 296 g/mol. The third kappa shape index (κ3) is 4.59. The topological polar surface area (TPSA) is 69.6 Å². The molecular weight excluding hydrogens is 280 g/mol. The van der Waals surface area contributed by atoms with Gasteiger partial charge in [0.1, 0.15) is 6.04 Å². The third-order valence-electron chi connectivity index (χ3n) is 2.71. The molecule has 0 radical (unpaired) electrons. The molecule has 2 amide bonds. The number of aliphatic carboxylic acids is 1. The zero-order valence-corrected chi connectivity index (χ0v) is 11.9. The molecule has 0 fully saturated rings. The van der Waals surface area contributed by atoms with Crippen LogP contribution in [0.2, 0.25) is 5.02 Å². The highest BCUT2D eigenvalue weighted by Gasteiger charge is 2.20. The van der Waals surface area contributed by atoms with Gasteiger partial charge >= 0.3 is 12.0 Å². The highest BCUT2D eigenvalue weighted by Crippen LogP contribution is 2.16. The molecule has 0 aromatic heterocycles. The largest absolute Gasteiger partial charge is 0.480 e. The Kier molecular flexibility index (Phi) is 6.06. The van der Waals surface area contributed by atoms with E-state index in [0.29, 0.717) is 11.6 Å². The second-order valence-corrected chi connectivity index (χ2v) is 4.72. The minimum absolute atomic E-state index is 0.168. The second-order valence-electron chi connectivity index (χ2n) is 4.31. The maximum absolute atomic E-state index is 11.9. The zero-order chi connectivity index (χ0) is 15.1. The molecule has 0 bridgehead atoms. The minimum Gasteiger partial charge on any atom is -0.480 e. The first-order valence-corrected chi connectivity index (χ1v) is 6.42. The van der Waals surface area contributed by atoms with Crippen molar-refractivity contribution in [3.8, 4) is 0 Å². The zero-order valence-electron chi connectivity index (χ0n) is 11.2. The Morgan fingerprint density at radius 1 is 1.50 bits per heavy atom. The van der Waals surface area contributed by atoms with Crippen molar-refractivity contribution >= 4 is 23.6 Å². The molecule has 20 heavy (non-hydrogen) atoms. The van der Waals surface area contributed by atoms with Crippen molar-refractivity contribution in [3.63, 3.8) is 0 Å². The van der Waals surface area contributed by atoms with Crippen LogP contribution in [0.1, 0.15) is 12.0 Å². The SMILES string of the molecule is C=CCC(NC(=O)N(C)Cc1ccccc1Cl)C(=O)O. The number of halogens is 1. The number of hydrogen-bond donors (Lipinski definition) is 2. The number of nitrogens with zero attached hydrogens (tertiary/aromatic N) is 1. The van der Waals surface area contributed by atoms with Gasteiger partial charge in [0.25, 0.3) is 0 Å². The van der Waals surface area contributed by atoms with Crippen LogP contribution in [0.5, 0.6) is 0 Å². The average Bonchev–Trinajstić information content (AvgIpc) is 2.40. The lowest BCUT2D eigenvalue weighted by atomic mass is 10.2. The van der Waals surface area contributed by atoms with Gasteiger partial charge in [-0.3, -0.25) is 0 Å². The van der Waals surface area contributed by atoms with E-state index in [2.05, 4.69) is 11.9 Å². The van der Waals surface area contributed by atoms with Crippen molar-refractivity contribution in [2.24, 2.45) is 0 Å². The van der Waals surface area contributed by atoms with Crippen molar-refractivity contribution in [1.82, 2.24) is 10.2 Å². The van der Waals surface area contributed by atoms with Gasteiger partial charge in [-0.1, -0.05) is 35.9 Å². The Morgan fingerprint density at radius 3 is 2.70 bits per heavy atom. The number of carboxylic acid groups (broad SMARTS) is 1. The van der Waals surface area contributed by atoms with Crippen LogP contribution in [0.3, 0.4) is 0 Å². The lowest BCUT2D eigenvalue weighted by molar-refractivity contribution is -0.139. The van der Waals surface area contributed by atoms with Crippen LogP contribution in [0.25, 0.3) is 0 Å². The quantitative estimate of drug-likeness (QED) is 0.793. The number of urea groups is 1. The molecule has 0 aliphatic rings. The molecule has 1 unspecified atom stereocenters. The van der Waals surface area contributed by atoms with Gasteiger partial charge in [-0.15, -0.1) is 6.58 Å². The molecule has 0 heterocycles. The number of rotatable bonds is 6. The van der Waals surface area contributed by atoms with Crippen molar-refractivity contribution in [2.75, 3.05) is 7.05 Å². The lowest BCUT2D eigenvalue weighted by Gasteiger charge is -2.21. The molecule has 0 aliphatic carbocycles. The predicted molar refractivity (Wildman–Crippen MR) is 77.7 cm³/mol. The van der Waals surface area contributed by atoms with Crippen LogP contribution in [0.4, 0.5) is 4.79 Å². The van der Waals surface area contributed by atoms with Gasteiger partial charge in [-0.2, -0.15) is 0 Å². The van der Waals surface area contributed by atoms with E-state index in [1.807, 2.05) is 12.1 Å². The van der Waals surface area contributed by atoms with Gasteiger partial charge in [-0.05, 0) is 18.1 Å². The van der Waals surface area contributed by atoms with E-state index in [1.54, 1.807) is 19.2 Å². The van der Waals surface area contributed by atoms with E-state index in [-0.39, 0.29) is 6.42 Å². The van der Waals surface area contributed by atoms with Crippen LogP contribution < -0.4 is 5.32 Å². The third-order valence-corrected chi connectivity index (χ3v) is 3.08. The number of carboxylic acids is 1. The fourth-order valence-electron chi connectivity index (χ4n) is 1.60. The molecule has 5 nitrogen and oxygen atoms in total. The number of amides is 2. The summed E-state index contributed by atoms with van der Waals surface area (Å²) >= 11 is 6.01. The van der Waals surface area contributed by atoms with E-state index in [1.165, 1.54) is 11.0 Å². The first-order valence-electron chi connectivity index (χ1n) is 6.04. The van der Waals surface area contributed by atoms with E-state index in [0.717, 1.165) is 5.56 Å². The van der Waals surface area contributed by atoms with Crippen LogP contribution in [0.15, 0.2) is 36.9 Å². The molecule has 0 saturated heterocycles. The molecule has 0 spiro atoms. The van der Waals surface area contributed by atoms with Crippen LogP contribution >= 0.6 is 11.6 Å². The number of nitrogens with one attached hydrogen (secondary N) is 1. The molecule has 6 heteroatoms. The molecule has 0 aliphatic heterocycles. The first kappa shape index (κ1) is 16.0. The normalized spacial score (nSPS) is 11.5. The fraction of sp³-hybridized carbons (Fsp3) is 0.286. The summed E-state index contributed by atoms with van der Waals surface area (Å²) in [7, 11) is 1.57. The molecule has 1 atom stereocenters. The standard InChI is InChI=1S/C14H17ClN2O3/c1-3-6-12(13(18)19)16-14(20)17(2)9-10-7-4-5-8-11(10)15/h3-5,7-8,12H,1,6,9H2,2H3,(H,16,20)(H,18,19). The summed E-state index contributed by atoms with van der Waals surface area (Å²) in [6, 6.07) is 5.72. The van der Waals surface area contributed by atoms with E-state index in [9.17, 15) is 9.59 Å². The molecule has 1 aromatic carbocycles. The number of carbonyl (C=O) groups excluding carboxylic acids is 1. The highest BCUT2D eigenvalue weighted by molar-refractivity contribution is 6.31. The van der Waals surface area contributed by atoms with Crippen LogP contribution in [-0.2, 0) is 11.3 Å². The minimum atomic E-state index is -1.09. The summed E-state index contributed by atoms with van der Waals surface area (Å²) in [5.74, 6) is -1.09. The molecular formula is C14H17ClN2O3. The Hall–Kier alpha value is -2.01. The van der Waals surface area contributed by atoms with E-state index in [4.69, 9.17) is 16.7 Å². The summed E-state index contributed by atoms with van der Waals surface area (Å²) < 4.78 is 0. The van der Waals surface area contributed by atoms with E-state index < -0.39 is 18.0 Å². The summed E-state index contributed by atoms with van der Waals surface area (Å²) in [6.45, 7) is 3.77. The Bertz CT molecular complexity index is 505. The Morgan fingerprint density at radius 2 is 2.15 bits per heavy atom. The highest BCUT2D eigenvalue weighted by atomic mass is 35.5.